The predicted octanol–water partition coefficient (Wildman–Crippen LogP) is 7.82. The van der Waals surface area contributed by atoms with E-state index in [4.69, 9.17) is 15.2 Å². The number of hydrogen-bond acceptors (Lipinski definition) is 4. The Morgan fingerprint density at radius 1 is 0.805 bits per heavy atom. The summed E-state index contributed by atoms with van der Waals surface area (Å²) in [6.07, 6.45) is 1.55. The molecule has 0 saturated heterocycles. The molecule has 1 aromatic heterocycles. The molecule has 41 heavy (non-hydrogen) atoms. The molecule has 0 fully saturated rings. The summed E-state index contributed by atoms with van der Waals surface area (Å²) in [4.78, 5) is 9.33. The fourth-order valence-electron chi connectivity index (χ4n) is 5.91. The molecule has 1 heterocycles. The van der Waals surface area contributed by atoms with Crippen LogP contribution in [0.1, 0.15) is 56.6 Å². The molecule has 0 amide bonds. The van der Waals surface area contributed by atoms with Crippen LogP contribution in [0.25, 0.3) is 44.3 Å². The number of aromatic nitrogens is 2. The number of aliphatic hydroxyl groups excluding tert-OH is 2. The maximum absolute atomic E-state index is 8.56. The van der Waals surface area contributed by atoms with E-state index in [1.807, 2.05) is 26.1 Å². The minimum Gasteiger partial charge on any atom is -0.393 e. The summed E-state index contributed by atoms with van der Waals surface area (Å²) in [5.41, 5.74) is 11.7. The van der Waals surface area contributed by atoms with Gasteiger partial charge in [0, 0.05) is 43.1 Å². The third kappa shape index (κ3) is 6.05. The Labute approximate surface area is 256 Å². The Bertz CT molecular complexity index is 1690. The number of fused-ring (bicyclic) bond motifs is 4. The first-order valence-corrected chi connectivity index (χ1v) is 13.9. The van der Waals surface area contributed by atoms with Crippen molar-refractivity contribution in [3.63, 3.8) is 0 Å². The first-order chi connectivity index (χ1) is 19.1. The number of rotatable bonds is 4. The summed E-state index contributed by atoms with van der Waals surface area (Å²) in [7, 11) is 0. The van der Waals surface area contributed by atoms with E-state index in [1.165, 1.54) is 38.8 Å². The van der Waals surface area contributed by atoms with Crippen molar-refractivity contribution >= 4 is 10.8 Å². The number of benzene rings is 4. The zero-order valence-electron chi connectivity index (χ0n) is 24.5. The molecule has 4 aromatic carbocycles. The van der Waals surface area contributed by atoms with Crippen molar-refractivity contribution in [3.8, 4) is 33.5 Å². The van der Waals surface area contributed by atoms with E-state index in [-0.39, 0.29) is 37.7 Å². The van der Waals surface area contributed by atoms with Crippen molar-refractivity contribution < 1.29 is 30.3 Å². The van der Waals surface area contributed by atoms with Crippen LogP contribution in [0.5, 0.6) is 0 Å². The first kappa shape index (κ1) is 30.7. The number of nitrogens with zero attached hydrogens (tertiary/aromatic N) is 2. The molecule has 5 heteroatoms. The molecular weight excluding hydrogens is 685 g/mol. The summed E-state index contributed by atoms with van der Waals surface area (Å²) in [6.45, 7) is 12.0. The normalized spacial score (nSPS) is 14.2. The van der Waals surface area contributed by atoms with Gasteiger partial charge in [-0.15, -0.1) is 23.8 Å². The topological polar surface area (TPSA) is 66.2 Å². The fourth-order valence-corrected chi connectivity index (χ4v) is 5.91. The SMILES string of the molecule is CC(O)CC(C)O.Cc1cnc(-c2[c-]ccc3c(-c4ccc5c(c4)C(C)(C)c4ccccc4-5)cccc23)c(C)n1.[Ir]. The van der Waals surface area contributed by atoms with Gasteiger partial charge in [0.15, 0.2) is 0 Å². The third-order valence-electron chi connectivity index (χ3n) is 7.73. The Balaban J connectivity index is 0.000000434. The van der Waals surface area contributed by atoms with Gasteiger partial charge in [-0.3, -0.25) is 4.98 Å². The van der Waals surface area contributed by atoms with E-state index < -0.39 is 0 Å². The van der Waals surface area contributed by atoms with Gasteiger partial charge in [-0.25, -0.2) is 0 Å². The van der Waals surface area contributed by atoms with Gasteiger partial charge < -0.3 is 15.2 Å². The summed E-state index contributed by atoms with van der Waals surface area (Å²) < 4.78 is 0. The molecular formula is C36H37IrN2O2-. The van der Waals surface area contributed by atoms with Crippen LogP contribution < -0.4 is 0 Å². The van der Waals surface area contributed by atoms with Gasteiger partial charge in [0.05, 0.1) is 17.9 Å². The summed E-state index contributed by atoms with van der Waals surface area (Å²) in [6, 6.07) is 29.9. The fraction of sp³-hybridized carbons (Fsp3) is 0.278. The third-order valence-corrected chi connectivity index (χ3v) is 7.73. The van der Waals surface area contributed by atoms with E-state index in [9.17, 15) is 0 Å². The van der Waals surface area contributed by atoms with Gasteiger partial charge in [-0.2, -0.15) is 0 Å². The molecule has 0 spiro atoms. The van der Waals surface area contributed by atoms with E-state index >= 15 is 0 Å². The maximum Gasteiger partial charge on any atom is 0.0539 e. The zero-order chi connectivity index (χ0) is 28.6. The van der Waals surface area contributed by atoms with Gasteiger partial charge in [0.2, 0.25) is 0 Å². The summed E-state index contributed by atoms with van der Waals surface area (Å²) in [5.74, 6) is 0. The average Bonchev–Trinajstić information content (AvgIpc) is 3.14. The van der Waals surface area contributed by atoms with Crippen LogP contribution in [-0.4, -0.2) is 32.4 Å². The van der Waals surface area contributed by atoms with E-state index in [2.05, 4.69) is 91.6 Å². The second-order valence-electron chi connectivity index (χ2n) is 11.4. The molecule has 1 aliphatic rings. The van der Waals surface area contributed by atoms with Gasteiger partial charge in [0.25, 0.3) is 0 Å². The molecule has 2 unspecified atom stereocenters. The molecule has 1 radical (unpaired) electrons. The summed E-state index contributed by atoms with van der Waals surface area (Å²) in [5, 5.41) is 19.5. The van der Waals surface area contributed by atoms with Crippen LogP contribution in [0.15, 0.2) is 79.0 Å². The minimum absolute atomic E-state index is 0. The standard InChI is InChI=1S/C31H25N2.C5H12O2.Ir/c1-19-18-32-30(20(2)33-19)27-13-8-11-23-22(10-7-12-24(23)27)21-15-16-26-25-9-5-6-14-28(25)31(3,4)29(26)17-21;1-4(6)3-5(2)7;/h5-12,14-18H,1-4H3;4-7H,3H2,1-2H3;/q-1;;. The molecule has 0 aliphatic heterocycles. The van der Waals surface area contributed by atoms with Crippen LogP contribution in [0.3, 0.4) is 0 Å². The van der Waals surface area contributed by atoms with E-state index in [0.29, 0.717) is 6.42 Å². The van der Waals surface area contributed by atoms with E-state index in [1.54, 1.807) is 13.8 Å². The minimum atomic E-state index is -0.375. The van der Waals surface area contributed by atoms with Crippen molar-refractivity contribution in [1.29, 1.82) is 0 Å². The Kier molecular flexibility index (Phi) is 9.25. The van der Waals surface area contributed by atoms with Crippen molar-refractivity contribution in [1.82, 2.24) is 9.97 Å². The van der Waals surface area contributed by atoms with Crippen molar-refractivity contribution in [2.45, 2.75) is 65.6 Å². The van der Waals surface area contributed by atoms with Crippen molar-refractivity contribution in [3.05, 3.63) is 108 Å². The smallest absolute Gasteiger partial charge is 0.0539 e. The predicted molar refractivity (Wildman–Crippen MR) is 164 cm³/mol. The Morgan fingerprint density at radius 3 is 2.17 bits per heavy atom. The quantitative estimate of drug-likeness (QED) is 0.186. The van der Waals surface area contributed by atoms with Gasteiger partial charge >= 0.3 is 0 Å². The average molecular weight is 722 g/mol. The molecule has 6 rings (SSSR count). The number of aryl methyl sites for hydroxylation is 2. The molecule has 0 saturated carbocycles. The van der Waals surface area contributed by atoms with E-state index in [0.717, 1.165) is 28.0 Å². The molecule has 1 aliphatic carbocycles. The van der Waals surface area contributed by atoms with Crippen molar-refractivity contribution in [2.24, 2.45) is 0 Å². The second-order valence-corrected chi connectivity index (χ2v) is 11.4. The molecule has 0 bridgehead atoms. The monoisotopic (exact) mass is 722 g/mol. The number of aliphatic hydroxyl groups is 2. The largest absolute Gasteiger partial charge is 0.393 e. The number of hydrogen-bond donors (Lipinski definition) is 2. The zero-order valence-corrected chi connectivity index (χ0v) is 26.9. The Hall–Kier alpha value is -3.21. The first-order valence-electron chi connectivity index (χ1n) is 13.9. The van der Waals surface area contributed by atoms with Crippen LogP contribution in [0, 0.1) is 19.9 Å². The molecule has 5 aromatic rings. The van der Waals surface area contributed by atoms with Crippen LogP contribution >= 0.6 is 0 Å². The van der Waals surface area contributed by atoms with Crippen LogP contribution in [0.2, 0.25) is 0 Å². The molecule has 4 nitrogen and oxygen atoms in total. The van der Waals surface area contributed by atoms with Gasteiger partial charge in [-0.05, 0) is 73.6 Å². The maximum atomic E-state index is 8.56. The molecule has 2 N–H and O–H groups in total. The molecule has 213 valence electrons. The van der Waals surface area contributed by atoms with Gasteiger partial charge in [0.1, 0.15) is 0 Å². The van der Waals surface area contributed by atoms with Crippen molar-refractivity contribution in [2.75, 3.05) is 0 Å². The van der Waals surface area contributed by atoms with Gasteiger partial charge in [-0.1, -0.05) is 79.2 Å². The van der Waals surface area contributed by atoms with Crippen LogP contribution in [-0.2, 0) is 25.5 Å². The second kappa shape index (κ2) is 12.3. The Morgan fingerprint density at radius 2 is 1.49 bits per heavy atom. The van der Waals surface area contributed by atoms with Crippen LogP contribution in [0.4, 0.5) is 0 Å². The molecule has 2 atom stereocenters. The summed E-state index contributed by atoms with van der Waals surface area (Å²) >= 11 is 0.